The lowest BCUT2D eigenvalue weighted by Crippen LogP contribution is -2.40. The molecule has 0 spiro atoms. The van der Waals surface area contributed by atoms with Crippen LogP contribution in [0.25, 0.3) is 11.0 Å². The van der Waals surface area contributed by atoms with Crippen molar-refractivity contribution in [3.63, 3.8) is 0 Å². The molecule has 3 N–H and O–H groups in total. The molecule has 1 fully saturated rings. The molecular formula is C24H28N8O. The van der Waals surface area contributed by atoms with Crippen LogP contribution < -0.4 is 10.6 Å². The monoisotopic (exact) mass is 444 g/mol. The highest BCUT2D eigenvalue weighted by molar-refractivity contribution is 5.91. The van der Waals surface area contributed by atoms with Gasteiger partial charge in [-0.25, -0.2) is 0 Å². The van der Waals surface area contributed by atoms with Crippen LogP contribution in [0, 0.1) is 6.92 Å². The number of aryl methyl sites for hydroxylation is 3. The Morgan fingerprint density at radius 1 is 1.12 bits per heavy atom. The SMILES string of the molecule is Cc1ccc(CNC(=O)c2cn(CCCCc3cc4cc(C5CNC5)[nH]c4nn3)nn2)cc1. The third-order valence-corrected chi connectivity index (χ3v) is 6.08. The average molecular weight is 445 g/mol. The van der Waals surface area contributed by atoms with Gasteiger partial charge in [0.05, 0.1) is 11.9 Å². The molecule has 4 heterocycles. The van der Waals surface area contributed by atoms with Crippen molar-refractivity contribution in [2.24, 2.45) is 0 Å². The highest BCUT2D eigenvalue weighted by atomic mass is 16.2. The predicted molar refractivity (Wildman–Crippen MR) is 125 cm³/mol. The summed E-state index contributed by atoms with van der Waals surface area (Å²) in [6.07, 6.45) is 4.43. The molecule has 1 saturated heterocycles. The number of carbonyl (C=O) groups is 1. The van der Waals surface area contributed by atoms with Gasteiger partial charge in [-0.2, -0.15) is 5.10 Å². The van der Waals surface area contributed by atoms with Crippen LogP contribution in [0.5, 0.6) is 0 Å². The Bertz CT molecular complexity index is 1240. The van der Waals surface area contributed by atoms with Crippen LogP contribution in [0.15, 0.2) is 42.6 Å². The Hall–Kier alpha value is -3.59. The molecule has 0 saturated carbocycles. The van der Waals surface area contributed by atoms with Crippen molar-refractivity contribution in [1.29, 1.82) is 0 Å². The molecule has 3 aromatic heterocycles. The summed E-state index contributed by atoms with van der Waals surface area (Å²) in [6.45, 7) is 5.25. The molecule has 0 atom stereocenters. The van der Waals surface area contributed by atoms with Crippen molar-refractivity contribution >= 4 is 16.9 Å². The topological polar surface area (TPSA) is 113 Å². The first-order valence-electron chi connectivity index (χ1n) is 11.4. The summed E-state index contributed by atoms with van der Waals surface area (Å²) >= 11 is 0. The number of hydrogen-bond acceptors (Lipinski definition) is 6. The molecule has 0 aliphatic carbocycles. The minimum atomic E-state index is -0.214. The molecule has 0 unspecified atom stereocenters. The minimum absolute atomic E-state index is 0.214. The summed E-state index contributed by atoms with van der Waals surface area (Å²) < 4.78 is 1.72. The number of aromatic amines is 1. The van der Waals surface area contributed by atoms with E-state index in [2.05, 4.69) is 48.3 Å². The summed E-state index contributed by atoms with van der Waals surface area (Å²) in [5.74, 6) is 0.342. The van der Waals surface area contributed by atoms with Gasteiger partial charge in [-0.05, 0) is 43.9 Å². The van der Waals surface area contributed by atoms with Crippen LogP contribution in [0.1, 0.15) is 51.8 Å². The maximum Gasteiger partial charge on any atom is 0.273 e. The molecule has 1 amide bonds. The van der Waals surface area contributed by atoms with E-state index in [0.29, 0.717) is 24.7 Å². The number of aromatic nitrogens is 6. The van der Waals surface area contributed by atoms with Gasteiger partial charge in [0.1, 0.15) is 0 Å². The predicted octanol–water partition coefficient (Wildman–Crippen LogP) is 2.50. The lowest BCUT2D eigenvalue weighted by molar-refractivity contribution is 0.0946. The normalized spacial score (nSPS) is 13.8. The third-order valence-electron chi connectivity index (χ3n) is 6.08. The fraction of sp³-hybridized carbons (Fsp3) is 0.375. The number of carbonyl (C=O) groups excluding carboxylic acids is 1. The number of unbranched alkanes of at least 4 members (excludes halogenated alkanes) is 1. The molecule has 170 valence electrons. The van der Waals surface area contributed by atoms with Crippen molar-refractivity contribution in [3.05, 3.63) is 70.8 Å². The Kier molecular flexibility index (Phi) is 6.12. The molecule has 9 heteroatoms. The Labute approximate surface area is 192 Å². The largest absolute Gasteiger partial charge is 0.347 e. The maximum absolute atomic E-state index is 12.3. The zero-order chi connectivity index (χ0) is 22.6. The van der Waals surface area contributed by atoms with E-state index in [1.807, 2.05) is 31.2 Å². The number of hydrogen-bond donors (Lipinski definition) is 3. The van der Waals surface area contributed by atoms with Crippen molar-refractivity contribution in [2.75, 3.05) is 13.1 Å². The zero-order valence-corrected chi connectivity index (χ0v) is 18.7. The second kappa shape index (κ2) is 9.50. The number of amides is 1. The van der Waals surface area contributed by atoms with Crippen molar-refractivity contribution in [2.45, 2.75) is 45.2 Å². The Morgan fingerprint density at radius 3 is 2.76 bits per heavy atom. The van der Waals surface area contributed by atoms with Crippen molar-refractivity contribution in [3.8, 4) is 0 Å². The van der Waals surface area contributed by atoms with E-state index < -0.39 is 0 Å². The summed E-state index contributed by atoms with van der Waals surface area (Å²) in [7, 11) is 0. The van der Waals surface area contributed by atoms with Crippen LogP contribution in [0.2, 0.25) is 0 Å². The Morgan fingerprint density at radius 2 is 1.97 bits per heavy atom. The van der Waals surface area contributed by atoms with Gasteiger partial charge >= 0.3 is 0 Å². The number of H-pyrrole nitrogens is 1. The highest BCUT2D eigenvalue weighted by Gasteiger charge is 2.21. The molecule has 1 aliphatic rings. The standard InChI is InChI=1S/C24H28N8O/c1-16-5-7-17(8-6-16)12-26-24(33)22-15-32(31-29-22)9-3-2-4-20-10-18-11-21(19-13-25-14-19)27-23(18)30-28-20/h5-8,10-11,15,19,25H,2-4,9,12-14H2,1H3,(H,26,33)(H,27,30). The van der Waals surface area contributed by atoms with E-state index >= 15 is 0 Å². The summed E-state index contributed by atoms with van der Waals surface area (Å²) in [5, 5.41) is 24.1. The molecule has 0 radical (unpaired) electrons. The van der Waals surface area contributed by atoms with E-state index in [0.717, 1.165) is 54.6 Å². The molecule has 1 aliphatic heterocycles. The Balaban J connectivity index is 1.07. The number of rotatable bonds is 9. The fourth-order valence-electron chi connectivity index (χ4n) is 3.92. The van der Waals surface area contributed by atoms with Crippen molar-refractivity contribution < 1.29 is 4.79 Å². The number of nitrogens with zero attached hydrogens (tertiary/aromatic N) is 5. The average Bonchev–Trinajstić information content (AvgIpc) is 3.41. The van der Waals surface area contributed by atoms with Crippen LogP contribution >= 0.6 is 0 Å². The first-order valence-corrected chi connectivity index (χ1v) is 11.4. The van der Waals surface area contributed by atoms with Crippen LogP contribution in [0.3, 0.4) is 0 Å². The second-order valence-electron chi connectivity index (χ2n) is 8.71. The maximum atomic E-state index is 12.3. The lowest BCUT2D eigenvalue weighted by atomic mass is 9.99. The van der Waals surface area contributed by atoms with Gasteiger partial charge in [-0.1, -0.05) is 35.0 Å². The van der Waals surface area contributed by atoms with Crippen LogP contribution in [0.4, 0.5) is 0 Å². The first-order chi connectivity index (χ1) is 16.1. The molecule has 5 rings (SSSR count). The summed E-state index contributed by atoms with van der Waals surface area (Å²) in [4.78, 5) is 15.7. The molecular weight excluding hydrogens is 416 g/mol. The fourth-order valence-corrected chi connectivity index (χ4v) is 3.92. The summed E-state index contributed by atoms with van der Waals surface area (Å²) in [5.41, 5.74) is 5.67. The molecule has 1 aromatic carbocycles. The van der Waals surface area contributed by atoms with E-state index in [-0.39, 0.29) is 5.91 Å². The van der Waals surface area contributed by atoms with Gasteiger partial charge in [-0.15, -0.1) is 10.2 Å². The molecule has 0 bridgehead atoms. The van der Waals surface area contributed by atoms with Crippen LogP contribution in [-0.4, -0.2) is 49.2 Å². The second-order valence-corrected chi connectivity index (χ2v) is 8.71. The van der Waals surface area contributed by atoms with E-state index in [1.165, 1.54) is 11.3 Å². The molecule has 33 heavy (non-hydrogen) atoms. The first kappa shape index (κ1) is 21.3. The van der Waals surface area contributed by atoms with E-state index in [1.54, 1.807) is 10.9 Å². The molecule has 9 nitrogen and oxygen atoms in total. The highest BCUT2D eigenvalue weighted by Crippen LogP contribution is 2.23. The van der Waals surface area contributed by atoms with Gasteiger partial charge in [0.15, 0.2) is 11.3 Å². The van der Waals surface area contributed by atoms with E-state index in [9.17, 15) is 4.79 Å². The van der Waals surface area contributed by atoms with Crippen molar-refractivity contribution in [1.82, 2.24) is 40.8 Å². The van der Waals surface area contributed by atoms with Crippen LogP contribution in [-0.2, 0) is 19.5 Å². The number of nitrogens with one attached hydrogen (secondary N) is 3. The minimum Gasteiger partial charge on any atom is -0.347 e. The number of benzene rings is 1. The summed E-state index contributed by atoms with van der Waals surface area (Å²) in [6, 6.07) is 12.4. The lowest BCUT2D eigenvalue weighted by Gasteiger charge is -2.25. The third kappa shape index (κ3) is 5.09. The van der Waals surface area contributed by atoms with E-state index in [4.69, 9.17) is 0 Å². The molecule has 4 aromatic rings. The van der Waals surface area contributed by atoms with Gasteiger partial charge < -0.3 is 15.6 Å². The van der Waals surface area contributed by atoms with Gasteiger partial charge in [0.25, 0.3) is 5.91 Å². The zero-order valence-electron chi connectivity index (χ0n) is 18.7. The van der Waals surface area contributed by atoms with Gasteiger partial charge in [-0.3, -0.25) is 9.48 Å². The van der Waals surface area contributed by atoms with Gasteiger partial charge in [0, 0.05) is 43.2 Å². The van der Waals surface area contributed by atoms with Gasteiger partial charge in [0.2, 0.25) is 0 Å². The smallest absolute Gasteiger partial charge is 0.273 e. The quantitative estimate of drug-likeness (QED) is 0.342. The number of fused-ring (bicyclic) bond motifs is 1.